The second-order valence-corrected chi connectivity index (χ2v) is 6.01. The summed E-state index contributed by atoms with van der Waals surface area (Å²) in [5.74, 6) is 0. The van der Waals surface area contributed by atoms with Crippen molar-refractivity contribution in [1.82, 2.24) is 0 Å². The number of hydrogen-bond acceptors (Lipinski definition) is 4. The zero-order valence-electron chi connectivity index (χ0n) is 13.9. The van der Waals surface area contributed by atoms with Gasteiger partial charge in [0, 0.05) is 33.4 Å². The molecule has 0 amide bonds. The molecule has 4 heteroatoms. The Balaban J connectivity index is 1.82. The van der Waals surface area contributed by atoms with Crippen LogP contribution in [0.1, 0.15) is 18.2 Å². The predicted molar refractivity (Wildman–Crippen MR) is 95.9 cm³/mol. The minimum Gasteiger partial charge on any atom is -0.374 e. The Labute approximate surface area is 138 Å². The first-order valence-corrected chi connectivity index (χ1v) is 7.86. The molecule has 0 fully saturated rings. The van der Waals surface area contributed by atoms with Crippen molar-refractivity contribution in [3.63, 3.8) is 0 Å². The van der Waals surface area contributed by atoms with Gasteiger partial charge in [-0.3, -0.25) is 0 Å². The molecule has 4 nitrogen and oxygen atoms in total. The van der Waals surface area contributed by atoms with E-state index >= 15 is 0 Å². The van der Waals surface area contributed by atoms with Gasteiger partial charge in [-0.1, -0.05) is 24.3 Å². The third-order valence-electron chi connectivity index (χ3n) is 4.57. The standard InChI is InChI=1S/C19H22N4/c1-21(14-6-13-20)16-11-9-15(10-12-16)19-22(2)17-7-4-5-8-18(17)23(19)3/h4-5,7-12,19H,6,14H2,1-3H3. The van der Waals surface area contributed by atoms with Crippen molar-refractivity contribution in [2.75, 3.05) is 42.4 Å². The summed E-state index contributed by atoms with van der Waals surface area (Å²) in [6.07, 6.45) is 0.757. The van der Waals surface area contributed by atoms with Gasteiger partial charge in [-0.05, 0) is 29.8 Å². The van der Waals surface area contributed by atoms with Gasteiger partial charge in [-0.25, -0.2) is 0 Å². The van der Waals surface area contributed by atoms with Crippen molar-refractivity contribution in [3.8, 4) is 6.07 Å². The van der Waals surface area contributed by atoms with Crippen molar-refractivity contribution in [2.24, 2.45) is 0 Å². The van der Waals surface area contributed by atoms with Crippen LogP contribution in [-0.2, 0) is 0 Å². The predicted octanol–water partition coefficient (Wildman–Crippen LogP) is 3.62. The SMILES string of the molecule is CN(CCC#N)c1ccc(C2N(C)c3ccccc3N2C)cc1. The molecule has 23 heavy (non-hydrogen) atoms. The molecule has 1 aliphatic heterocycles. The van der Waals surface area contributed by atoms with Crippen LogP contribution in [0.25, 0.3) is 0 Å². The Morgan fingerprint density at radius 3 is 2.09 bits per heavy atom. The smallest absolute Gasteiger partial charge is 0.128 e. The summed E-state index contributed by atoms with van der Waals surface area (Å²) in [6, 6.07) is 19.3. The van der Waals surface area contributed by atoms with Crippen LogP contribution >= 0.6 is 0 Å². The molecule has 2 aromatic carbocycles. The molecule has 2 aromatic rings. The van der Waals surface area contributed by atoms with E-state index in [0.717, 1.165) is 12.2 Å². The molecule has 1 heterocycles. The molecule has 0 atom stereocenters. The fourth-order valence-electron chi connectivity index (χ4n) is 3.28. The highest BCUT2D eigenvalue weighted by Crippen LogP contribution is 2.44. The number of rotatable bonds is 4. The molecule has 0 aliphatic carbocycles. The summed E-state index contributed by atoms with van der Waals surface area (Å²) in [5, 5.41) is 8.71. The topological polar surface area (TPSA) is 33.5 Å². The summed E-state index contributed by atoms with van der Waals surface area (Å²) in [6.45, 7) is 0.754. The molecule has 0 N–H and O–H groups in total. The molecule has 0 saturated carbocycles. The first-order chi connectivity index (χ1) is 11.1. The second kappa shape index (κ2) is 6.21. The van der Waals surface area contributed by atoms with E-state index < -0.39 is 0 Å². The lowest BCUT2D eigenvalue weighted by atomic mass is 10.1. The minimum atomic E-state index is 0.214. The molecule has 0 saturated heterocycles. The maximum Gasteiger partial charge on any atom is 0.128 e. The summed E-state index contributed by atoms with van der Waals surface area (Å²) in [4.78, 5) is 6.73. The normalized spacial score (nSPS) is 13.8. The van der Waals surface area contributed by atoms with Crippen LogP contribution in [-0.4, -0.2) is 27.7 Å². The monoisotopic (exact) mass is 306 g/mol. The Hall–Kier alpha value is -2.67. The van der Waals surface area contributed by atoms with Crippen LogP contribution in [0, 0.1) is 11.3 Å². The molecule has 0 spiro atoms. The molecular weight excluding hydrogens is 284 g/mol. The van der Waals surface area contributed by atoms with E-state index in [1.165, 1.54) is 16.9 Å². The van der Waals surface area contributed by atoms with Gasteiger partial charge in [0.1, 0.15) is 6.17 Å². The highest BCUT2D eigenvalue weighted by Gasteiger charge is 2.31. The van der Waals surface area contributed by atoms with Gasteiger partial charge in [0.25, 0.3) is 0 Å². The maximum atomic E-state index is 8.71. The van der Waals surface area contributed by atoms with Crippen molar-refractivity contribution < 1.29 is 0 Å². The van der Waals surface area contributed by atoms with Crippen LogP contribution in [0.4, 0.5) is 17.1 Å². The van der Waals surface area contributed by atoms with Gasteiger partial charge in [0.2, 0.25) is 0 Å². The van der Waals surface area contributed by atoms with Gasteiger partial charge < -0.3 is 14.7 Å². The molecule has 0 unspecified atom stereocenters. The number of hydrogen-bond donors (Lipinski definition) is 0. The number of nitriles is 1. The lowest BCUT2D eigenvalue weighted by Gasteiger charge is -2.29. The molecule has 0 bridgehead atoms. The van der Waals surface area contributed by atoms with Crippen LogP contribution in [0.5, 0.6) is 0 Å². The Bertz CT molecular complexity index is 688. The Morgan fingerprint density at radius 1 is 1.00 bits per heavy atom. The summed E-state index contributed by atoms with van der Waals surface area (Å²) in [7, 11) is 6.30. The molecular formula is C19H22N4. The summed E-state index contributed by atoms with van der Waals surface area (Å²) >= 11 is 0. The second-order valence-electron chi connectivity index (χ2n) is 6.01. The van der Waals surface area contributed by atoms with Gasteiger partial charge in [0.05, 0.1) is 23.9 Å². The lowest BCUT2D eigenvalue weighted by molar-refractivity contribution is 0.694. The third-order valence-corrected chi connectivity index (χ3v) is 4.57. The average molecular weight is 306 g/mol. The number of benzene rings is 2. The van der Waals surface area contributed by atoms with E-state index in [2.05, 4.69) is 83.4 Å². The quantitative estimate of drug-likeness (QED) is 0.864. The molecule has 0 aromatic heterocycles. The number of para-hydroxylation sites is 2. The number of nitrogens with zero attached hydrogens (tertiary/aromatic N) is 4. The maximum absolute atomic E-state index is 8.71. The van der Waals surface area contributed by atoms with E-state index in [1.54, 1.807) is 0 Å². The highest BCUT2D eigenvalue weighted by atomic mass is 15.4. The molecule has 0 radical (unpaired) electrons. The first kappa shape index (κ1) is 15.2. The zero-order chi connectivity index (χ0) is 16.4. The van der Waals surface area contributed by atoms with Crippen LogP contribution < -0.4 is 14.7 Å². The Kier molecular flexibility index (Phi) is 4.12. The third kappa shape index (κ3) is 2.70. The highest BCUT2D eigenvalue weighted by molar-refractivity contribution is 5.77. The van der Waals surface area contributed by atoms with E-state index in [1.807, 2.05) is 7.05 Å². The average Bonchev–Trinajstić information content (AvgIpc) is 2.84. The van der Waals surface area contributed by atoms with Gasteiger partial charge in [-0.2, -0.15) is 5.26 Å². The molecule has 1 aliphatic rings. The van der Waals surface area contributed by atoms with E-state index in [9.17, 15) is 0 Å². The van der Waals surface area contributed by atoms with Crippen molar-refractivity contribution in [3.05, 3.63) is 54.1 Å². The zero-order valence-corrected chi connectivity index (χ0v) is 13.9. The van der Waals surface area contributed by atoms with E-state index in [-0.39, 0.29) is 6.17 Å². The van der Waals surface area contributed by atoms with Crippen molar-refractivity contribution >= 4 is 17.1 Å². The summed E-state index contributed by atoms with van der Waals surface area (Å²) in [5.41, 5.74) is 4.93. The van der Waals surface area contributed by atoms with Crippen LogP contribution in [0.15, 0.2) is 48.5 Å². The summed E-state index contributed by atoms with van der Waals surface area (Å²) < 4.78 is 0. The number of anilines is 3. The largest absolute Gasteiger partial charge is 0.374 e. The van der Waals surface area contributed by atoms with Crippen LogP contribution in [0.2, 0.25) is 0 Å². The first-order valence-electron chi connectivity index (χ1n) is 7.86. The fourth-order valence-corrected chi connectivity index (χ4v) is 3.28. The fraction of sp³-hybridized carbons (Fsp3) is 0.316. The van der Waals surface area contributed by atoms with Gasteiger partial charge in [0.15, 0.2) is 0 Å². The Morgan fingerprint density at radius 2 is 1.57 bits per heavy atom. The van der Waals surface area contributed by atoms with Crippen molar-refractivity contribution in [2.45, 2.75) is 12.6 Å². The number of fused-ring (bicyclic) bond motifs is 1. The van der Waals surface area contributed by atoms with Gasteiger partial charge >= 0.3 is 0 Å². The van der Waals surface area contributed by atoms with E-state index in [0.29, 0.717) is 6.42 Å². The van der Waals surface area contributed by atoms with Crippen LogP contribution in [0.3, 0.4) is 0 Å². The minimum absolute atomic E-state index is 0.214. The van der Waals surface area contributed by atoms with E-state index in [4.69, 9.17) is 5.26 Å². The van der Waals surface area contributed by atoms with Crippen molar-refractivity contribution in [1.29, 1.82) is 5.26 Å². The molecule has 118 valence electrons. The van der Waals surface area contributed by atoms with Gasteiger partial charge in [-0.15, -0.1) is 0 Å². The molecule has 3 rings (SSSR count). The lowest BCUT2D eigenvalue weighted by Crippen LogP contribution is -2.30.